The molecule has 10 heteroatoms. The Kier molecular flexibility index (Phi) is 8.12. The summed E-state index contributed by atoms with van der Waals surface area (Å²) in [5, 5.41) is 19.0. The molecule has 0 spiro atoms. The average Bonchev–Trinajstić information content (AvgIpc) is 3.67. The zero-order valence-corrected chi connectivity index (χ0v) is 23.1. The summed E-state index contributed by atoms with van der Waals surface area (Å²) in [5.74, 6) is 0.657. The molecule has 0 saturated heterocycles. The van der Waals surface area contributed by atoms with E-state index < -0.39 is 5.97 Å². The predicted octanol–water partition coefficient (Wildman–Crippen LogP) is 8.40. The second-order valence-corrected chi connectivity index (χ2v) is 10.4. The molecule has 1 fully saturated rings. The van der Waals surface area contributed by atoms with Gasteiger partial charge >= 0.3 is 5.97 Å². The van der Waals surface area contributed by atoms with Crippen molar-refractivity contribution >= 4 is 46.5 Å². The van der Waals surface area contributed by atoms with Crippen LogP contribution in [-0.2, 0) is 18.1 Å². The maximum atomic E-state index is 11.1. The molecule has 200 valence electrons. The molecular formula is C29H23Cl3N2O5. The summed E-state index contributed by atoms with van der Waals surface area (Å²) in [6, 6.07) is 17.1. The second kappa shape index (κ2) is 11.7. The van der Waals surface area contributed by atoms with Crippen molar-refractivity contribution in [3.05, 3.63) is 104 Å². The number of benzene rings is 3. The second-order valence-electron chi connectivity index (χ2n) is 9.13. The first-order valence-electron chi connectivity index (χ1n) is 12.2. The summed E-state index contributed by atoms with van der Waals surface area (Å²) in [7, 11) is 0. The van der Waals surface area contributed by atoms with Gasteiger partial charge in [-0.15, -0.1) is 0 Å². The smallest absolute Gasteiger partial charge is 0.335 e. The Balaban J connectivity index is 1.29. The van der Waals surface area contributed by atoms with Gasteiger partial charge in [0.15, 0.2) is 0 Å². The molecule has 1 aliphatic carbocycles. The molecule has 0 radical (unpaired) electrons. The number of ether oxygens (including phenoxy) is 1. The Labute approximate surface area is 239 Å². The fourth-order valence-corrected chi connectivity index (χ4v) is 5.01. The lowest BCUT2D eigenvalue weighted by Gasteiger charge is -2.11. The molecule has 1 N–H and O–H groups in total. The number of hydrogen-bond donors (Lipinski definition) is 1. The first-order valence-corrected chi connectivity index (χ1v) is 13.3. The third kappa shape index (κ3) is 6.22. The maximum Gasteiger partial charge on any atom is 0.335 e. The van der Waals surface area contributed by atoms with E-state index in [1.165, 1.54) is 6.07 Å². The number of hydrogen-bond acceptors (Lipinski definition) is 6. The van der Waals surface area contributed by atoms with Crippen molar-refractivity contribution in [2.24, 2.45) is 5.16 Å². The minimum atomic E-state index is -0.998. The number of carboxylic acids is 1. The van der Waals surface area contributed by atoms with Gasteiger partial charge in [-0.2, -0.15) is 0 Å². The summed E-state index contributed by atoms with van der Waals surface area (Å²) in [6.07, 6.45) is 2.06. The van der Waals surface area contributed by atoms with Crippen LogP contribution in [-0.4, -0.2) is 21.9 Å². The van der Waals surface area contributed by atoms with Gasteiger partial charge in [0.1, 0.15) is 30.4 Å². The van der Waals surface area contributed by atoms with Crippen LogP contribution in [0.4, 0.5) is 0 Å². The van der Waals surface area contributed by atoms with Crippen molar-refractivity contribution in [3.63, 3.8) is 0 Å². The molecule has 1 aromatic heterocycles. The molecule has 0 atom stereocenters. The van der Waals surface area contributed by atoms with Crippen LogP contribution < -0.4 is 4.74 Å². The van der Waals surface area contributed by atoms with Gasteiger partial charge in [-0.3, -0.25) is 0 Å². The molecule has 4 aromatic rings. The summed E-state index contributed by atoms with van der Waals surface area (Å²) in [4.78, 5) is 16.6. The highest BCUT2D eigenvalue weighted by Gasteiger charge is 2.33. The molecule has 1 heterocycles. The van der Waals surface area contributed by atoms with Crippen LogP contribution in [0.15, 0.2) is 70.3 Å². The van der Waals surface area contributed by atoms with Crippen LogP contribution in [0.5, 0.6) is 5.75 Å². The van der Waals surface area contributed by atoms with E-state index >= 15 is 0 Å². The lowest BCUT2D eigenvalue weighted by molar-refractivity contribution is 0.0696. The molecule has 1 saturated carbocycles. The van der Waals surface area contributed by atoms with E-state index in [4.69, 9.17) is 54.0 Å². The summed E-state index contributed by atoms with van der Waals surface area (Å²) < 4.78 is 11.8. The Morgan fingerprint density at radius 2 is 1.77 bits per heavy atom. The highest BCUT2D eigenvalue weighted by Crippen LogP contribution is 2.46. The number of carbonyl (C=O) groups is 1. The van der Waals surface area contributed by atoms with E-state index in [0.29, 0.717) is 54.8 Å². The minimum Gasteiger partial charge on any atom is -0.489 e. The molecule has 7 nitrogen and oxygen atoms in total. The number of rotatable bonds is 10. The average molecular weight is 586 g/mol. The zero-order chi connectivity index (χ0) is 27.5. The first kappa shape index (κ1) is 27.1. The van der Waals surface area contributed by atoms with E-state index in [1.807, 2.05) is 0 Å². The first-order chi connectivity index (χ1) is 18.8. The van der Waals surface area contributed by atoms with Crippen LogP contribution in [0.25, 0.3) is 11.3 Å². The fraction of sp³-hybridized carbons (Fsp3) is 0.207. The van der Waals surface area contributed by atoms with Crippen LogP contribution in [0.1, 0.15) is 58.5 Å². The Hall–Kier alpha value is -3.52. The van der Waals surface area contributed by atoms with Crippen LogP contribution in [0.2, 0.25) is 15.1 Å². The number of carboxylic acid groups (broad SMARTS) is 1. The Bertz CT molecular complexity index is 1540. The highest BCUT2D eigenvalue weighted by atomic mass is 35.5. The molecule has 0 aliphatic heterocycles. The van der Waals surface area contributed by atoms with E-state index in [9.17, 15) is 4.79 Å². The van der Waals surface area contributed by atoms with E-state index in [0.717, 1.165) is 24.2 Å². The largest absolute Gasteiger partial charge is 0.489 e. The Morgan fingerprint density at radius 3 is 2.46 bits per heavy atom. The minimum absolute atomic E-state index is 0.122. The van der Waals surface area contributed by atoms with E-state index in [-0.39, 0.29) is 18.8 Å². The molecule has 0 amide bonds. The molecular weight excluding hydrogens is 563 g/mol. The van der Waals surface area contributed by atoms with Gasteiger partial charge in [0, 0.05) is 17.0 Å². The number of aromatic carboxylic acids is 1. The van der Waals surface area contributed by atoms with Crippen molar-refractivity contribution < 1.29 is 24.0 Å². The van der Waals surface area contributed by atoms with Gasteiger partial charge in [-0.25, -0.2) is 4.79 Å². The lowest BCUT2D eigenvalue weighted by Crippen LogP contribution is -2.02. The third-order valence-corrected chi connectivity index (χ3v) is 7.23. The van der Waals surface area contributed by atoms with Crippen LogP contribution in [0.3, 0.4) is 0 Å². The quantitative estimate of drug-likeness (QED) is 0.148. The molecule has 5 rings (SSSR count). The summed E-state index contributed by atoms with van der Waals surface area (Å²) >= 11 is 19.4. The molecule has 39 heavy (non-hydrogen) atoms. The zero-order valence-electron chi connectivity index (χ0n) is 20.8. The van der Waals surface area contributed by atoms with E-state index in [1.54, 1.807) is 61.5 Å². The van der Waals surface area contributed by atoms with Gasteiger partial charge in [0.25, 0.3) is 0 Å². The van der Waals surface area contributed by atoms with Gasteiger partial charge in [-0.05, 0) is 67.8 Å². The standard InChI is InChI=1S/C29H23Cl3N2O5/c1-16(33-38-14-17-4-2-5-19(12-17)29(35)36)21-11-10-20(13-25(21)32)37-15-22-27(34-39-28(22)18-8-9-18)26-23(30)6-3-7-24(26)31/h2-7,10-13,18H,8-9,14-15H2,1H3,(H,35,36)/b33-16+. The number of nitrogens with zero attached hydrogens (tertiary/aromatic N) is 2. The molecule has 0 bridgehead atoms. The monoisotopic (exact) mass is 584 g/mol. The molecule has 0 unspecified atom stereocenters. The molecule has 1 aliphatic rings. The lowest BCUT2D eigenvalue weighted by atomic mass is 10.0. The number of halogens is 3. The van der Waals surface area contributed by atoms with Gasteiger partial charge in [0.2, 0.25) is 0 Å². The fourth-order valence-electron chi connectivity index (χ4n) is 4.13. The molecule has 3 aromatic carbocycles. The SMILES string of the molecule is C/C(=N\OCc1cccc(C(=O)O)c1)c1ccc(OCc2c(-c3c(Cl)cccc3Cl)noc2C2CC2)cc1Cl. The van der Waals surface area contributed by atoms with Crippen LogP contribution in [0, 0.1) is 0 Å². The maximum absolute atomic E-state index is 11.1. The van der Waals surface area contributed by atoms with Gasteiger partial charge in [0.05, 0.1) is 31.9 Å². The number of aromatic nitrogens is 1. The van der Waals surface area contributed by atoms with E-state index in [2.05, 4.69) is 10.3 Å². The Morgan fingerprint density at radius 1 is 1.03 bits per heavy atom. The van der Waals surface area contributed by atoms with Gasteiger partial charge < -0.3 is 19.2 Å². The highest BCUT2D eigenvalue weighted by molar-refractivity contribution is 6.39. The van der Waals surface area contributed by atoms with Crippen molar-refractivity contribution in [1.29, 1.82) is 0 Å². The normalized spacial score (nSPS) is 13.4. The third-order valence-electron chi connectivity index (χ3n) is 6.29. The van der Waals surface area contributed by atoms with Crippen molar-refractivity contribution in [1.82, 2.24) is 5.16 Å². The summed E-state index contributed by atoms with van der Waals surface area (Å²) in [6.45, 7) is 2.10. The summed E-state index contributed by atoms with van der Waals surface area (Å²) in [5.41, 5.74) is 4.12. The topological polar surface area (TPSA) is 94.2 Å². The van der Waals surface area contributed by atoms with Crippen molar-refractivity contribution in [3.8, 4) is 17.0 Å². The van der Waals surface area contributed by atoms with Gasteiger partial charge in [-0.1, -0.05) is 63.3 Å². The number of oxime groups is 1. The van der Waals surface area contributed by atoms with Crippen molar-refractivity contribution in [2.75, 3.05) is 0 Å². The van der Waals surface area contributed by atoms with Crippen LogP contribution >= 0.6 is 34.8 Å². The van der Waals surface area contributed by atoms with Crippen molar-refractivity contribution in [2.45, 2.75) is 38.9 Å². The predicted molar refractivity (Wildman–Crippen MR) is 150 cm³/mol.